The fraction of sp³-hybridized carbons (Fsp3) is 0.238. The molecule has 10 heteroatoms. The molecule has 1 aromatic heterocycles. The monoisotopic (exact) mass is 454 g/mol. The maximum atomic E-state index is 13.7. The summed E-state index contributed by atoms with van der Waals surface area (Å²) in [6.45, 7) is 3.67. The van der Waals surface area contributed by atoms with Gasteiger partial charge in [-0.05, 0) is 55.3 Å². The number of fused-ring (bicyclic) bond motifs is 1. The van der Waals surface area contributed by atoms with Gasteiger partial charge in [-0.15, -0.1) is 0 Å². The van der Waals surface area contributed by atoms with Crippen LogP contribution in [0.15, 0.2) is 42.5 Å². The lowest BCUT2D eigenvalue weighted by atomic mass is 10.1. The molecule has 0 bridgehead atoms. The number of carbonyl (C=O) groups is 2. The van der Waals surface area contributed by atoms with Crippen LogP contribution in [0, 0.1) is 6.92 Å². The number of carbonyl (C=O) groups excluding carboxylic acids is 1. The Morgan fingerprint density at radius 1 is 1.23 bits per heavy atom. The maximum Gasteiger partial charge on any atom is 0.511 e. The highest BCUT2D eigenvalue weighted by Gasteiger charge is 2.42. The van der Waals surface area contributed by atoms with Crippen LogP contribution in [0.3, 0.4) is 0 Å². The van der Waals surface area contributed by atoms with Crippen LogP contribution >= 0.6 is 11.6 Å². The minimum atomic E-state index is -4.75. The van der Waals surface area contributed by atoms with Crippen LogP contribution in [0.1, 0.15) is 34.6 Å². The van der Waals surface area contributed by atoms with E-state index in [1.165, 1.54) is 30.3 Å². The van der Waals surface area contributed by atoms with Gasteiger partial charge in [0.1, 0.15) is 11.4 Å². The Balaban J connectivity index is 2.03. The molecule has 0 aliphatic heterocycles. The van der Waals surface area contributed by atoms with Crippen molar-refractivity contribution in [2.45, 2.75) is 32.6 Å². The number of aromatic nitrogens is 1. The normalized spacial score (nSPS) is 12.6. The molecule has 0 saturated carbocycles. The highest BCUT2D eigenvalue weighted by molar-refractivity contribution is 6.30. The number of rotatable bonds is 5. The first-order valence-corrected chi connectivity index (χ1v) is 9.56. The average molecular weight is 455 g/mol. The highest BCUT2D eigenvalue weighted by Crippen LogP contribution is 2.34. The van der Waals surface area contributed by atoms with Gasteiger partial charge in [0.2, 0.25) is 0 Å². The minimum Gasteiger partial charge on any atom is -0.449 e. The van der Waals surface area contributed by atoms with Gasteiger partial charge in [-0.1, -0.05) is 23.7 Å². The number of aryl methyl sites for hydroxylation is 2. The van der Waals surface area contributed by atoms with Crippen LogP contribution < -0.4 is 10.1 Å². The number of carboxylic acid groups (broad SMARTS) is 1. The van der Waals surface area contributed by atoms with Crippen LogP contribution in [-0.2, 0) is 6.54 Å². The zero-order valence-electron chi connectivity index (χ0n) is 16.5. The van der Waals surface area contributed by atoms with Crippen LogP contribution in [0.5, 0.6) is 5.75 Å². The molecule has 3 rings (SSSR count). The largest absolute Gasteiger partial charge is 0.511 e. The smallest absolute Gasteiger partial charge is 0.449 e. The number of ether oxygens (including phenoxy) is 1. The average Bonchev–Trinajstić information content (AvgIpc) is 3.02. The van der Waals surface area contributed by atoms with Crippen molar-refractivity contribution < 1.29 is 32.6 Å². The molecule has 0 spiro atoms. The number of hydrogen-bond donors (Lipinski definition) is 2. The second-order valence-corrected chi connectivity index (χ2v) is 7.26. The molecule has 2 N–H and O–H groups in total. The summed E-state index contributed by atoms with van der Waals surface area (Å²) >= 11 is 5.82. The Bertz CT molecular complexity index is 1160. The molecular weight excluding hydrogens is 437 g/mol. The zero-order valence-corrected chi connectivity index (χ0v) is 17.2. The van der Waals surface area contributed by atoms with Crippen molar-refractivity contribution in [2.24, 2.45) is 0 Å². The predicted octanol–water partition coefficient (Wildman–Crippen LogP) is 5.71. The molecule has 0 radical (unpaired) electrons. The lowest BCUT2D eigenvalue weighted by molar-refractivity contribution is -0.155. The van der Waals surface area contributed by atoms with Gasteiger partial charge in [-0.3, -0.25) is 4.79 Å². The van der Waals surface area contributed by atoms with E-state index >= 15 is 0 Å². The van der Waals surface area contributed by atoms with Gasteiger partial charge in [0.25, 0.3) is 5.91 Å². The van der Waals surface area contributed by atoms with Crippen LogP contribution in [0.2, 0.25) is 5.02 Å². The third kappa shape index (κ3) is 4.77. The fourth-order valence-electron chi connectivity index (χ4n) is 3.37. The number of hydrogen-bond acceptors (Lipinski definition) is 3. The van der Waals surface area contributed by atoms with E-state index in [2.05, 4.69) is 0 Å². The number of nitrogens with zero attached hydrogens (tertiary/aromatic N) is 1. The summed E-state index contributed by atoms with van der Waals surface area (Å²) in [5, 5.41) is 11.5. The van der Waals surface area contributed by atoms with Crippen molar-refractivity contribution in [3.8, 4) is 5.75 Å². The second kappa shape index (κ2) is 8.50. The zero-order chi connectivity index (χ0) is 22.9. The first-order chi connectivity index (χ1) is 14.5. The molecule has 3 aromatic rings. The first kappa shape index (κ1) is 22.5. The number of nitrogens with one attached hydrogen (secondary N) is 1. The summed E-state index contributed by atoms with van der Waals surface area (Å²) in [6.07, 6.45) is -6.24. The van der Waals surface area contributed by atoms with Gasteiger partial charge in [0, 0.05) is 22.5 Å². The molecule has 1 amide bonds. The van der Waals surface area contributed by atoms with E-state index in [-0.39, 0.29) is 22.0 Å². The van der Waals surface area contributed by atoms with Gasteiger partial charge >= 0.3 is 12.3 Å². The Morgan fingerprint density at radius 2 is 1.94 bits per heavy atom. The summed E-state index contributed by atoms with van der Waals surface area (Å²) in [5.41, 5.74) is 0.872. The van der Waals surface area contributed by atoms with Gasteiger partial charge in [-0.25, -0.2) is 4.79 Å². The number of alkyl halides is 3. The van der Waals surface area contributed by atoms with Crippen molar-refractivity contribution in [1.29, 1.82) is 0 Å². The molecule has 1 atom stereocenters. The molecule has 164 valence electrons. The summed E-state index contributed by atoms with van der Waals surface area (Å²) in [7, 11) is 0. The lowest BCUT2D eigenvalue weighted by Gasteiger charge is -2.22. The van der Waals surface area contributed by atoms with Crippen LogP contribution in [0.25, 0.3) is 10.9 Å². The molecule has 1 heterocycles. The number of amides is 1. The van der Waals surface area contributed by atoms with E-state index in [0.29, 0.717) is 23.0 Å². The van der Waals surface area contributed by atoms with Crippen LogP contribution in [-0.4, -0.2) is 27.9 Å². The molecular formula is C21H18ClF3N2O4. The molecule has 6 nitrogen and oxygen atoms in total. The number of benzene rings is 2. The van der Waals surface area contributed by atoms with Gasteiger partial charge in [-0.2, -0.15) is 13.2 Å². The number of halogens is 4. The maximum absolute atomic E-state index is 13.7. The van der Waals surface area contributed by atoms with E-state index in [1.54, 1.807) is 24.5 Å². The Hall–Kier alpha value is -3.20. The Labute approximate surface area is 180 Å². The lowest BCUT2D eigenvalue weighted by Crippen LogP contribution is -2.38. The van der Waals surface area contributed by atoms with E-state index in [9.17, 15) is 22.8 Å². The van der Waals surface area contributed by atoms with Crippen LogP contribution in [0.4, 0.5) is 18.0 Å². The molecule has 1 unspecified atom stereocenters. The second-order valence-electron chi connectivity index (χ2n) is 6.82. The van der Waals surface area contributed by atoms with E-state index in [1.807, 2.05) is 5.32 Å². The van der Waals surface area contributed by atoms with E-state index < -0.39 is 24.3 Å². The Kier molecular flexibility index (Phi) is 6.17. The summed E-state index contributed by atoms with van der Waals surface area (Å²) < 4.78 is 47.3. The van der Waals surface area contributed by atoms with Gasteiger partial charge < -0.3 is 19.7 Å². The minimum absolute atomic E-state index is 0.000605. The molecule has 0 aliphatic rings. The van der Waals surface area contributed by atoms with E-state index in [4.69, 9.17) is 21.4 Å². The SMILES string of the molecule is CCn1c(C(=O)NC(c2cccc(Cl)c2)C(F)(F)F)cc2cc(OC(=O)O)c(C)cc21. The third-order valence-corrected chi connectivity index (χ3v) is 4.96. The molecule has 0 saturated heterocycles. The predicted molar refractivity (Wildman–Crippen MR) is 109 cm³/mol. The summed E-state index contributed by atoms with van der Waals surface area (Å²) in [6, 6.07) is 7.38. The quantitative estimate of drug-likeness (QED) is 0.382. The van der Waals surface area contributed by atoms with Crippen molar-refractivity contribution in [3.63, 3.8) is 0 Å². The molecule has 0 fully saturated rings. The molecule has 2 aromatic carbocycles. The summed E-state index contributed by atoms with van der Waals surface area (Å²) in [5.74, 6) is -0.856. The topological polar surface area (TPSA) is 80.6 Å². The third-order valence-electron chi connectivity index (χ3n) is 4.73. The Morgan fingerprint density at radius 3 is 2.52 bits per heavy atom. The van der Waals surface area contributed by atoms with Gasteiger partial charge in [0.05, 0.1) is 0 Å². The standard InChI is InChI=1S/C21H18ClF3N2O4/c1-3-27-15-7-11(2)17(31-20(29)30)10-13(15)9-16(27)19(28)26-18(21(23,24)25)12-5-4-6-14(22)8-12/h4-10,18H,3H2,1-2H3,(H,26,28)(H,29,30). The fourth-order valence-corrected chi connectivity index (χ4v) is 3.57. The highest BCUT2D eigenvalue weighted by atomic mass is 35.5. The van der Waals surface area contributed by atoms with Crippen molar-refractivity contribution in [1.82, 2.24) is 9.88 Å². The molecule has 31 heavy (non-hydrogen) atoms. The van der Waals surface area contributed by atoms with Crippen molar-refractivity contribution >= 4 is 34.6 Å². The van der Waals surface area contributed by atoms with Crippen molar-refractivity contribution in [3.05, 3.63) is 64.3 Å². The van der Waals surface area contributed by atoms with E-state index in [0.717, 1.165) is 6.07 Å². The van der Waals surface area contributed by atoms with Gasteiger partial charge in [0.15, 0.2) is 6.04 Å². The first-order valence-electron chi connectivity index (χ1n) is 9.19. The van der Waals surface area contributed by atoms with Crippen molar-refractivity contribution in [2.75, 3.05) is 0 Å². The molecule has 0 aliphatic carbocycles. The summed E-state index contributed by atoms with van der Waals surface area (Å²) in [4.78, 5) is 23.7.